The van der Waals surface area contributed by atoms with E-state index in [2.05, 4.69) is 4.90 Å². The van der Waals surface area contributed by atoms with E-state index >= 15 is 0 Å². The Hall–Kier alpha value is -1.55. The molecule has 1 aromatic carbocycles. The molecule has 4 heteroatoms. The molecule has 16 heavy (non-hydrogen) atoms. The van der Waals surface area contributed by atoms with Crippen molar-refractivity contribution < 1.29 is 14.6 Å². The normalized spacial score (nSPS) is 20.1. The molecule has 86 valence electrons. The van der Waals surface area contributed by atoms with Gasteiger partial charge in [-0.05, 0) is 30.7 Å². The first-order chi connectivity index (χ1) is 7.70. The van der Waals surface area contributed by atoms with Crippen molar-refractivity contribution in [2.24, 2.45) is 0 Å². The lowest BCUT2D eigenvalue weighted by molar-refractivity contribution is 0.0697. The molecule has 4 nitrogen and oxygen atoms in total. The standard InChI is InChI=1S/C12H15NO3/c1-16-11-6-7-13(8-11)10-4-2-9(3-5-10)12(14)15/h2-5,11H,6-8H2,1H3,(H,14,15). The Kier molecular flexibility index (Phi) is 3.10. The van der Waals surface area contributed by atoms with E-state index < -0.39 is 5.97 Å². The average molecular weight is 221 g/mol. The number of carboxylic acids is 1. The van der Waals surface area contributed by atoms with Gasteiger partial charge in [-0.25, -0.2) is 4.79 Å². The Bertz CT molecular complexity index is 374. The lowest BCUT2D eigenvalue weighted by Gasteiger charge is -2.18. The zero-order chi connectivity index (χ0) is 11.5. The van der Waals surface area contributed by atoms with E-state index in [1.165, 1.54) is 0 Å². The molecule has 0 aliphatic carbocycles. The fraction of sp³-hybridized carbons (Fsp3) is 0.417. The van der Waals surface area contributed by atoms with Gasteiger partial charge in [0.2, 0.25) is 0 Å². The summed E-state index contributed by atoms with van der Waals surface area (Å²) in [5, 5.41) is 8.79. The molecule has 0 radical (unpaired) electrons. The van der Waals surface area contributed by atoms with Gasteiger partial charge in [0.25, 0.3) is 0 Å². The summed E-state index contributed by atoms with van der Waals surface area (Å²) in [6, 6.07) is 6.97. The summed E-state index contributed by atoms with van der Waals surface area (Å²) in [4.78, 5) is 12.9. The largest absolute Gasteiger partial charge is 0.478 e. The van der Waals surface area contributed by atoms with Crippen molar-refractivity contribution in [1.82, 2.24) is 0 Å². The number of carbonyl (C=O) groups is 1. The molecule has 1 aromatic rings. The number of ether oxygens (including phenoxy) is 1. The van der Waals surface area contributed by atoms with E-state index in [0.717, 1.165) is 25.2 Å². The second-order valence-electron chi connectivity index (χ2n) is 3.94. The first kappa shape index (κ1) is 11.0. The summed E-state index contributed by atoms with van der Waals surface area (Å²) in [7, 11) is 1.72. The molecule has 0 bridgehead atoms. The fourth-order valence-corrected chi connectivity index (χ4v) is 1.97. The maximum absolute atomic E-state index is 10.7. The van der Waals surface area contributed by atoms with Crippen molar-refractivity contribution in [3.8, 4) is 0 Å². The highest BCUT2D eigenvalue weighted by molar-refractivity contribution is 5.88. The number of carboxylic acid groups (broad SMARTS) is 1. The van der Waals surface area contributed by atoms with E-state index in [1.807, 2.05) is 12.1 Å². The summed E-state index contributed by atoms with van der Waals surface area (Å²) in [5.74, 6) is -0.886. The van der Waals surface area contributed by atoms with Gasteiger partial charge in [-0.3, -0.25) is 0 Å². The molecule has 0 spiro atoms. The van der Waals surface area contributed by atoms with Crippen LogP contribution in [-0.2, 0) is 4.74 Å². The minimum atomic E-state index is -0.886. The number of hydrogen-bond acceptors (Lipinski definition) is 3. The third kappa shape index (κ3) is 2.17. The van der Waals surface area contributed by atoms with Crippen LogP contribution in [0.5, 0.6) is 0 Å². The highest BCUT2D eigenvalue weighted by Gasteiger charge is 2.22. The quantitative estimate of drug-likeness (QED) is 0.842. The fourth-order valence-electron chi connectivity index (χ4n) is 1.97. The van der Waals surface area contributed by atoms with Crippen molar-refractivity contribution in [3.05, 3.63) is 29.8 Å². The molecule has 1 heterocycles. The van der Waals surface area contributed by atoms with Crippen LogP contribution in [0.3, 0.4) is 0 Å². The maximum Gasteiger partial charge on any atom is 0.335 e. The zero-order valence-corrected chi connectivity index (χ0v) is 9.22. The third-order valence-corrected chi connectivity index (χ3v) is 2.96. The first-order valence-corrected chi connectivity index (χ1v) is 5.32. The van der Waals surface area contributed by atoms with Crippen LogP contribution in [0.4, 0.5) is 5.69 Å². The van der Waals surface area contributed by atoms with Gasteiger partial charge < -0.3 is 14.7 Å². The van der Waals surface area contributed by atoms with Gasteiger partial charge in [-0.2, -0.15) is 0 Å². The number of rotatable bonds is 3. The van der Waals surface area contributed by atoms with Gasteiger partial charge in [0.1, 0.15) is 0 Å². The monoisotopic (exact) mass is 221 g/mol. The second kappa shape index (κ2) is 4.53. The molecule has 1 saturated heterocycles. The van der Waals surface area contributed by atoms with E-state index in [-0.39, 0.29) is 0 Å². The van der Waals surface area contributed by atoms with Gasteiger partial charge in [0.05, 0.1) is 11.7 Å². The van der Waals surface area contributed by atoms with E-state index in [1.54, 1.807) is 19.2 Å². The molecule has 0 aromatic heterocycles. The van der Waals surface area contributed by atoms with Gasteiger partial charge >= 0.3 is 5.97 Å². The van der Waals surface area contributed by atoms with E-state index in [9.17, 15) is 4.79 Å². The van der Waals surface area contributed by atoms with E-state index in [4.69, 9.17) is 9.84 Å². The van der Waals surface area contributed by atoms with Gasteiger partial charge in [0, 0.05) is 25.9 Å². The van der Waals surface area contributed by atoms with Crippen LogP contribution in [0.15, 0.2) is 24.3 Å². The predicted molar refractivity (Wildman–Crippen MR) is 61.0 cm³/mol. The van der Waals surface area contributed by atoms with Gasteiger partial charge in [-0.1, -0.05) is 0 Å². The SMILES string of the molecule is COC1CCN(c2ccc(C(=O)O)cc2)C1. The number of benzene rings is 1. The highest BCUT2D eigenvalue weighted by atomic mass is 16.5. The lowest BCUT2D eigenvalue weighted by atomic mass is 10.2. The number of anilines is 1. The maximum atomic E-state index is 10.7. The minimum Gasteiger partial charge on any atom is -0.478 e. The molecule has 1 fully saturated rings. The van der Waals surface area contributed by atoms with Crippen molar-refractivity contribution in [2.45, 2.75) is 12.5 Å². The summed E-state index contributed by atoms with van der Waals surface area (Å²) >= 11 is 0. The smallest absolute Gasteiger partial charge is 0.335 e. The molecule has 1 aliphatic heterocycles. The predicted octanol–water partition coefficient (Wildman–Crippen LogP) is 1.61. The van der Waals surface area contributed by atoms with Gasteiger partial charge in [0.15, 0.2) is 0 Å². The number of hydrogen-bond donors (Lipinski definition) is 1. The number of aromatic carboxylic acids is 1. The third-order valence-electron chi connectivity index (χ3n) is 2.96. The Morgan fingerprint density at radius 1 is 1.44 bits per heavy atom. The van der Waals surface area contributed by atoms with Crippen LogP contribution in [-0.4, -0.2) is 37.4 Å². The summed E-state index contributed by atoms with van der Waals surface area (Å²) in [5.41, 5.74) is 1.38. The van der Waals surface area contributed by atoms with Crippen molar-refractivity contribution >= 4 is 11.7 Å². The Morgan fingerprint density at radius 3 is 2.62 bits per heavy atom. The molecule has 2 rings (SSSR count). The minimum absolute atomic E-state index is 0.291. The van der Waals surface area contributed by atoms with Crippen molar-refractivity contribution in [3.63, 3.8) is 0 Å². The lowest BCUT2D eigenvalue weighted by Crippen LogP contribution is -2.22. The van der Waals surface area contributed by atoms with Crippen LogP contribution in [0.25, 0.3) is 0 Å². The molecule has 0 amide bonds. The van der Waals surface area contributed by atoms with Crippen LogP contribution >= 0.6 is 0 Å². The summed E-state index contributed by atoms with van der Waals surface area (Å²) in [6.07, 6.45) is 1.32. The molecule has 0 saturated carbocycles. The highest BCUT2D eigenvalue weighted by Crippen LogP contribution is 2.21. The molecule has 1 atom stereocenters. The number of methoxy groups -OCH3 is 1. The van der Waals surface area contributed by atoms with Crippen LogP contribution < -0.4 is 4.90 Å². The second-order valence-corrected chi connectivity index (χ2v) is 3.94. The Morgan fingerprint density at radius 2 is 2.12 bits per heavy atom. The zero-order valence-electron chi connectivity index (χ0n) is 9.22. The first-order valence-electron chi connectivity index (χ1n) is 5.32. The Labute approximate surface area is 94.4 Å². The van der Waals surface area contributed by atoms with Crippen LogP contribution in [0.2, 0.25) is 0 Å². The number of nitrogens with zero attached hydrogens (tertiary/aromatic N) is 1. The topological polar surface area (TPSA) is 49.8 Å². The summed E-state index contributed by atoms with van der Waals surface area (Å²) < 4.78 is 5.29. The van der Waals surface area contributed by atoms with Crippen molar-refractivity contribution in [2.75, 3.05) is 25.1 Å². The molecular formula is C12H15NO3. The molecule has 1 aliphatic rings. The average Bonchev–Trinajstić information content (AvgIpc) is 2.77. The summed E-state index contributed by atoms with van der Waals surface area (Å²) in [6.45, 7) is 1.84. The molecular weight excluding hydrogens is 206 g/mol. The van der Waals surface area contributed by atoms with Crippen LogP contribution in [0.1, 0.15) is 16.8 Å². The van der Waals surface area contributed by atoms with E-state index in [0.29, 0.717) is 11.7 Å². The molecule has 1 unspecified atom stereocenters. The van der Waals surface area contributed by atoms with Crippen LogP contribution in [0, 0.1) is 0 Å². The van der Waals surface area contributed by atoms with Crippen molar-refractivity contribution in [1.29, 1.82) is 0 Å². The molecule has 1 N–H and O–H groups in total. The van der Waals surface area contributed by atoms with Gasteiger partial charge in [-0.15, -0.1) is 0 Å². The Balaban J connectivity index is 2.08.